The van der Waals surface area contributed by atoms with Gasteiger partial charge in [0.05, 0.1) is 6.61 Å². The van der Waals surface area contributed by atoms with Crippen molar-refractivity contribution in [2.24, 2.45) is 0 Å². The Bertz CT molecular complexity index is 259. The van der Waals surface area contributed by atoms with E-state index in [0.29, 0.717) is 12.2 Å². The number of allylic oxidation sites excluding steroid dienone is 1. The van der Waals surface area contributed by atoms with E-state index in [0.717, 1.165) is 12.8 Å². The van der Waals surface area contributed by atoms with Gasteiger partial charge in [-0.1, -0.05) is 51.3 Å². The van der Waals surface area contributed by atoms with Crippen molar-refractivity contribution in [3.05, 3.63) is 24.3 Å². The number of unbranched alkanes of at least 4 members (excludes halogenated alkanes) is 5. The quantitative estimate of drug-likeness (QED) is 0.262. The van der Waals surface area contributed by atoms with Crippen LogP contribution in [0.15, 0.2) is 24.3 Å². The average Bonchev–Trinajstić information content (AvgIpc) is 2.35. The molecular weight excluding hydrogens is 226 g/mol. The van der Waals surface area contributed by atoms with Crippen molar-refractivity contribution in [2.75, 3.05) is 6.61 Å². The molecule has 1 N–H and O–H groups in total. The van der Waals surface area contributed by atoms with E-state index in [1.54, 1.807) is 6.92 Å². The van der Waals surface area contributed by atoms with Crippen LogP contribution < -0.4 is 5.48 Å². The molecule has 0 atom stereocenters. The maximum atomic E-state index is 11.0. The Balaban J connectivity index is 3.23. The summed E-state index contributed by atoms with van der Waals surface area (Å²) in [5.41, 5.74) is 2.79. The smallest absolute Gasteiger partial charge is 0.269 e. The summed E-state index contributed by atoms with van der Waals surface area (Å²) in [6.45, 7) is 7.90. The van der Waals surface area contributed by atoms with Crippen LogP contribution in [-0.2, 0) is 9.63 Å². The predicted octanol–water partition coefficient (Wildman–Crippen LogP) is 3.92. The van der Waals surface area contributed by atoms with Crippen LogP contribution >= 0.6 is 0 Å². The Morgan fingerprint density at radius 2 is 1.83 bits per heavy atom. The fraction of sp³-hybridized carbons (Fsp3) is 0.667. The van der Waals surface area contributed by atoms with E-state index in [4.69, 9.17) is 4.84 Å². The van der Waals surface area contributed by atoms with Gasteiger partial charge in [0, 0.05) is 5.57 Å². The van der Waals surface area contributed by atoms with Gasteiger partial charge in [-0.15, -0.1) is 0 Å². The van der Waals surface area contributed by atoms with E-state index in [1.165, 1.54) is 32.1 Å². The highest BCUT2D eigenvalue weighted by Crippen LogP contribution is 2.05. The number of carbonyl (C=O) groups excluding carboxylic acids is 1. The first kappa shape index (κ1) is 16.9. The summed E-state index contributed by atoms with van der Waals surface area (Å²) in [6.07, 6.45) is 12.8. The molecule has 0 aromatic carbocycles. The number of hydrogen-bond donors (Lipinski definition) is 1. The number of carbonyl (C=O) groups is 1. The molecule has 0 spiro atoms. The normalized spacial score (nSPS) is 10.8. The molecule has 0 aliphatic carbocycles. The lowest BCUT2D eigenvalue weighted by atomic mass is 10.1. The number of hydroxylamine groups is 1. The highest BCUT2D eigenvalue weighted by molar-refractivity contribution is 5.91. The lowest BCUT2D eigenvalue weighted by molar-refractivity contribution is -0.129. The Morgan fingerprint density at radius 3 is 2.50 bits per heavy atom. The van der Waals surface area contributed by atoms with Crippen LogP contribution in [0.3, 0.4) is 0 Å². The van der Waals surface area contributed by atoms with Crippen LogP contribution in [0.5, 0.6) is 0 Å². The standard InChI is InChI=1S/C15H27NO2/c1-4-5-6-7-8-9-10-11-12-13-18-16-15(17)14(2)3/h10-11H,2,4-9,12-13H2,1,3H3,(H,16,17)/b11-10+. The molecule has 0 aliphatic heterocycles. The molecular formula is C15H27NO2. The van der Waals surface area contributed by atoms with Gasteiger partial charge in [-0.3, -0.25) is 9.63 Å². The van der Waals surface area contributed by atoms with Gasteiger partial charge in [0.2, 0.25) is 0 Å². The van der Waals surface area contributed by atoms with E-state index in [2.05, 4.69) is 31.1 Å². The lowest BCUT2D eigenvalue weighted by Crippen LogP contribution is -2.24. The van der Waals surface area contributed by atoms with Crippen LogP contribution in [0.2, 0.25) is 0 Å². The third-order valence-corrected chi connectivity index (χ3v) is 2.58. The molecule has 0 aliphatic rings. The first-order valence-corrected chi connectivity index (χ1v) is 6.91. The Labute approximate surface area is 111 Å². The van der Waals surface area contributed by atoms with Crippen molar-refractivity contribution in [1.29, 1.82) is 0 Å². The van der Waals surface area contributed by atoms with E-state index in [1.807, 2.05) is 0 Å². The van der Waals surface area contributed by atoms with Crippen molar-refractivity contribution in [3.8, 4) is 0 Å². The summed E-state index contributed by atoms with van der Waals surface area (Å²) in [6, 6.07) is 0. The summed E-state index contributed by atoms with van der Waals surface area (Å²) in [7, 11) is 0. The molecule has 3 nitrogen and oxygen atoms in total. The van der Waals surface area contributed by atoms with Gasteiger partial charge >= 0.3 is 0 Å². The summed E-state index contributed by atoms with van der Waals surface area (Å²) in [5, 5.41) is 0. The Morgan fingerprint density at radius 1 is 1.17 bits per heavy atom. The van der Waals surface area contributed by atoms with Gasteiger partial charge in [-0.2, -0.15) is 0 Å². The SMILES string of the molecule is C=C(C)C(=O)NOCC/C=C/CCCCCCC. The van der Waals surface area contributed by atoms with Crippen molar-refractivity contribution < 1.29 is 9.63 Å². The molecule has 0 bridgehead atoms. The van der Waals surface area contributed by atoms with Gasteiger partial charge in [-0.05, 0) is 26.2 Å². The average molecular weight is 253 g/mol. The van der Waals surface area contributed by atoms with Crippen LogP contribution in [0.1, 0.15) is 58.8 Å². The minimum atomic E-state index is -0.255. The summed E-state index contributed by atoms with van der Waals surface area (Å²) in [5.74, 6) is -0.255. The second kappa shape index (κ2) is 12.4. The summed E-state index contributed by atoms with van der Waals surface area (Å²) < 4.78 is 0. The minimum absolute atomic E-state index is 0.255. The maximum Gasteiger partial charge on any atom is 0.269 e. The molecule has 0 aromatic rings. The van der Waals surface area contributed by atoms with Crippen molar-refractivity contribution >= 4 is 5.91 Å². The molecule has 0 heterocycles. The van der Waals surface area contributed by atoms with Gasteiger partial charge in [0.1, 0.15) is 0 Å². The molecule has 0 rings (SSSR count). The van der Waals surface area contributed by atoms with E-state index in [9.17, 15) is 4.79 Å². The topological polar surface area (TPSA) is 38.3 Å². The number of nitrogens with one attached hydrogen (secondary N) is 1. The molecule has 0 aromatic heterocycles. The number of hydrogen-bond acceptors (Lipinski definition) is 2. The molecule has 0 saturated heterocycles. The zero-order chi connectivity index (χ0) is 13.6. The molecule has 104 valence electrons. The van der Waals surface area contributed by atoms with Crippen LogP contribution in [0, 0.1) is 0 Å². The van der Waals surface area contributed by atoms with E-state index >= 15 is 0 Å². The van der Waals surface area contributed by atoms with Crippen molar-refractivity contribution in [3.63, 3.8) is 0 Å². The molecule has 0 fully saturated rings. The van der Waals surface area contributed by atoms with Gasteiger partial charge in [0.15, 0.2) is 0 Å². The highest BCUT2D eigenvalue weighted by Gasteiger charge is 1.98. The molecule has 3 heteroatoms. The van der Waals surface area contributed by atoms with E-state index < -0.39 is 0 Å². The first-order valence-electron chi connectivity index (χ1n) is 6.91. The first-order chi connectivity index (χ1) is 8.68. The zero-order valence-corrected chi connectivity index (χ0v) is 11.8. The third-order valence-electron chi connectivity index (χ3n) is 2.58. The minimum Gasteiger partial charge on any atom is -0.273 e. The van der Waals surface area contributed by atoms with Gasteiger partial charge < -0.3 is 0 Å². The largest absolute Gasteiger partial charge is 0.273 e. The lowest BCUT2D eigenvalue weighted by Gasteiger charge is -2.03. The van der Waals surface area contributed by atoms with E-state index in [-0.39, 0.29) is 5.91 Å². The Kier molecular flexibility index (Phi) is 11.6. The fourth-order valence-electron chi connectivity index (χ4n) is 1.43. The maximum absolute atomic E-state index is 11.0. The summed E-state index contributed by atoms with van der Waals surface area (Å²) >= 11 is 0. The molecule has 0 saturated carbocycles. The molecule has 0 unspecified atom stereocenters. The fourth-order valence-corrected chi connectivity index (χ4v) is 1.43. The second-order valence-corrected chi connectivity index (χ2v) is 4.52. The summed E-state index contributed by atoms with van der Waals surface area (Å²) in [4.78, 5) is 16.1. The predicted molar refractivity (Wildman–Crippen MR) is 76.0 cm³/mol. The van der Waals surface area contributed by atoms with Crippen molar-refractivity contribution in [2.45, 2.75) is 58.8 Å². The second-order valence-electron chi connectivity index (χ2n) is 4.52. The van der Waals surface area contributed by atoms with Gasteiger partial charge in [0.25, 0.3) is 5.91 Å². The highest BCUT2D eigenvalue weighted by atomic mass is 16.6. The van der Waals surface area contributed by atoms with Gasteiger partial charge in [-0.25, -0.2) is 5.48 Å². The molecule has 18 heavy (non-hydrogen) atoms. The third kappa shape index (κ3) is 11.4. The molecule has 0 radical (unpaired) electrons. The zero-order valence-electron chi connectivity index (χ0n) is 11.8. The van der Waals surface area contributed by atoms with Crippen molar-refractivity contribution in [1.82, 2.24) is 5.48 Å². The Hall–Kier alpha value is -1.09. The van der Waals surface area contributed by atoms with Crippen LogP contribution in [0.25, 0.3) is 0 Å². The molecule has 1 amide bonds. The monoisotopic (exact) mass is 253 g/mol. The number of amides is 1. The number of rotatable bonds is 11. The van der Waals surface area contributed by atoms with Crippen LogP contribution in [-0.4, -0.2) is 12.5 Å². The van der Waals surface area contributed by atoms with Crippen LogP contribution in [0.4, 0.5) is 0 Å².